The number of nitrogens with one attached hydrogen (secondary N) is 1. The van der Waals surface area contributed by atoms with Crippen molar-refractivity contribution < 1.29 is 5.11 Å². The summed E-state index contributed by atoms with van der Waals surface area (Å²) in [5.41, 5.74) is 0.0251. The van der Waals surface area contributed by atoms with Crippen molar-refractivity contribution in [2.45, 2.75) is 77.7 Å². The molecule has 2 N–H and O–H groups in total. The van der Waals surface area contributed by atoms with Crippen LogP contribution in [0.25, 0.3) is 0 Å². The zero-order valence-electron chi connectivity index (χ0n) is 12.7. The van der Waals surface area contributed by atoms with Crippen LogP contribution in [0.5, 0.6) is 0 Å². The second-order valence-corrected chi connectivity index (χ2v) is 6.44. The van der Waals surface area contributed by atoms with E-state index < -0.39 is 0 Å². The minimum absolute atomic E-state index is 0.0251. The van der Waals surface area contributed by atoms with Crippen LogP contribution in [0.3, 0.4) is 0 Å². The van der Waals surface area contributed by atoms with Gasteiger partial charge in [-0.25, -0.2) is 0 Å². The Morgan fingerprint density at radius 3 is 2.72 bits per heavy atom. The third kappa shape index (κ3) is 4.89. The third-order valence-corrected chi connectivity index (χ3v) is 4.70. The molecule has 1 saturated carbocycles. The molecule has 0 bridgehead atoms. The molecule has 18 heavy (non-hydrogen) atoms. The summed E-state index contributed by atoms with van der Waals surface area (Å²) in [7, 11) is 0. The van der Waals surface area contributed by atoms with Gasteiger partial charge in [-0.05, 0) is 37.6 Å². The molecule has 108 valence electrons. The molecule has 0 aromatic heterocycles. The molecule has 3 atom stereocenters. The zero-order valence-corrected chi connectivity index (χ0v) is 12.7. The molecule has 2 heteroatoms. The highest BCUT2D eigenvalue weighted by Crippen LogP contribution is 2.32. The lowest BCUT2D eigenvalue weighted by Crippen LogP contribution is -2.52. The highest BCUT2D eigenvalue weighted by Gasteiger charge is 2.34. The average Bonchev–Trinajstić information content (AvgIpc) is 2.39. The Hall–Kier alpha value is -0.0800. The Balaban J connectivity index is 2.41. The lowest BCUT2D eigenvalue weighted by molar-refractivity contribution is 0.0946. The number of rotatable bonds is 8. The first-order valence-corrected chi connectivity index (χ1v) is 8.01. The lowest BCUT2D eigenvalue weighted by Gasteiger charge is -2.40. The van der Waals surface area contributed by atoms with Crippen LogP contribution in [-0.4, -0.2) is 23.8 Å². The molecule has 2 nitrogen and oxygen atoms in total. The second kappa shape index (κ2) is 8.16. The predicted molar refractivity (Wildman–Crippen MR) is 78.8 cm³/mol. The maximum absolute atomic E-state index is 9.76. The molecule has 0 aliphatic heterocycles. The summed E-state index contributed by atoms with van der Waals surface area (Å²) in [5.74, 6) is 1.54. The molecule has 3 unspecified atom stereocenters. The lowest BCUT2D eigenvalue weighted by atomic mass is 9.76. The summed E-state index contributed by atoms with van der Waals surface area (Å²) >= 11 is 0. The van der Waals surface area contributed by atoms with Crippen molar-refractivity contribution in [2.24, 2.45) is 11.8 Å². The fourth-order valence-corrected chi connectivity index (χ4v) is 3.32. The molecule has 1 fully saturated rings. The van der Waals surface area contributed by atoms with Crippen molar-refractivity contribution in [1.82, 2.24) is 5.32 Å². The summed E-state index contributed by atoms with van der Waals surface area (Å²) in [6.07, 6.45) is 10.1. The van der Waals surface area contributed by atoms with Crippen LogP contribution in [0.2, 0.25) is 0 Å². The summed E-state index contributed by atoms with van der Waals surface area (Å²) in [6, 6.07) is 0. The van der Waals surface area contributed by atoms with E-state index in [2.05, 4.69) is 26.1 Å². The highest BCUT2D eigenvalue weighted by molar-refractivity contribution is 4.92. The molecule has 1 aliphatic carbocycles. The first-order valence-electron chi connectivity index (χ1n) is 8.01. The van der Waals surface area contributed by atoms with Crippen molar-refractivity contribution >= 4 is 0 Å². The van der Waals surface area contributed by atoms with Gasteiger partial charge in [-0.1, -0.05) is 52.9 Å². The van der Waals surface area contributed by atoms with Gasteiger partial charge in [-0.2, -0.15) is 0 Å². The molecule has 0 heterocycles. The molecule has 0 radical (unpaired) electrons. The average molecular weight is 255 g/mol. The van der Waals surface area contributed by atoms with Gasteiger partial charge in [0.1, 0.15) is 0 Å². The van der Waals surface area contributed by atoms with E-state index in [1.165, 1.54) is 38.5 Å². The summed E-state index contributed by atoms with van der Waals surface area (Å²) in [4.78, 5) is 0. The smallest absolute Gasteiger partial charge is 0.0613 e. The van der Waals surface area contributed by atoms with Crippen LogP contribution >= 0.6 is 0 Å². The molecule has 1 aliphatic rings. The Bertz CT molecular complexity index is 219. The minimum atomic E-state index is 0.0251. The van der Waals surface area contributed by atoms with E-state index in [-0.39, 0.29) is 5.54 Å². The topological polar surface area (TPSA) is 32.3 Å². The minimum Gasteiger partial charge on any atom is -0.394 e. The van der Waals surface area contributed by atoms with Crippen molar-refractivity contribution in [3.63, 3.8) is 0 Å². The van der Waals surface area contributed by atoms with Crippen LogP contribution in [0.4, 0.5) is 0 Å². The van der Waals surface area contributed by atoms with Gasteiger partial charge in [-0.15, -0.1) is 0 Å². The molecule has 0 amide bonds. The van der Waals surface area contributed by atoms with Crippen molar-refractivity contribution in [3.05, 3.63) is 0 Å². The largest absolute Gasteiger partial charge is 0.394 e. The van der Waals surface area contributed by atoms with Gasteiger partial charge < -0.3 is 10.4 Å². The number of unbranched alkanes of at least 4 members (excludes halogenated alkanes) is 1. The SMILES string of the molecule is CCCCC(CC)CNC1(CO)CCCC(C)C1. The first kappa shape index (κ1) is 16.0. The van der Waals surface area contributed by atoms with E-state index in [0.29, 0.717) is 6.61 Å². The van der Waals surface area contributed by atoms with Crippen LogP contribution in [0, 0.1) is 11.8 Å². The monoisotopic (exact) mass is 255 g/mol. The van der Waals surface area contributed by atoms with E-state index in [0.717, 1.165) is 31.2 Å². The van der Waals surface area contributed by atoms with Gasteiger partial charge in [0.05, 0.1) is 6.61 Å². The zero-order chi connectivity index (χ0) is 13.4. The third-order valence-electron chi connectivity index (χ3n) is 4.70. The van der Waals surface area contributed by atoms with E-state index in [1.807, 2.05) is 0 Å². The second-order valence-electron chi connectivity index (χ2n) is 6.44. The molecule has 0 aromatic rings. The molecular formula is C16H33NO. The maximum atomic E-state index is 9.76. The van der Waals surface area contributed by atoms with Gasteiger partial charge >= 0.3 is 0 Å². The normalized spacial score (nSPS) is 30.3. The molecule has 0 saturated heterocycles. The summed E-state index contributed by atoms with van der Waals surface area (Å²) in [6.45, 7) is 8.26. The quantitative estimate of drug-likeness (QED) is 0.692. The van der Waals surface area contributed by atoms with Crippen molar-refractivity contribution in [3.8, 4) is 0 Å². The van der Waals surface area contributed by atoms with Gasteiger partial charge in [0.2, 0.25) is 0 Å². The van der Waals surface area contributed by atoms with Gasteiger partial charge in [-0.3, -0.25) is 0 Å². The highest BCUT2D eigenvalue weighted by atomic mass is 16.3. The number of aliphatic hydroxyl groups is 1. The van der Waals surface area contributed by atoms with Gasteiger partial charge in [0, 0.05) is 5.54 Å². The molecule has 1 rings (SSSR count). The van der Waals surface area contributed by atoms with E-state index in [1.54, 1.807) is 0 Å². The Morgan fingerprint density at radius 2 is 2.17 bits per heavy atom. The van der Waals surface area contributed by atoms with E-state index in [9.17, 15) is 5.11 Å². The van der Waals surface area contributed by atoms with Crippen LogP contribution < -0.4 is 5.32 Å². The molecule has 0 spiro atoms. The van der Waals surface area contributed by atoms with E-state index >= 15 is 0 Å². The van der Waals surface area contributed by atoms with Crippen LogP contribution in [-0.2, 0) is 0 Å². The van der Waals surface area contributed by atoms with Gasteiger partial charge in [0.15, 0.2) is 0 Å². The maximum Gasteiger partial charge on any atom is 0.0613 e. The van der Waals surface area contributed by atoms with E-state index in [4.69, 9.17) is 0 Å². The van der Waals surface area contributed by atoms with Crippen molar-refractivity contribution in [1.29, 1.82) is 0 Å². The fourth-order valence-electron chi connectivity index (χ4n) is 3.32. The van der Waals surface area contributed by atoms with Crippen LogP contribution in [0.15, 0.2) is 0 Å². The fraction of sp³-hybridized carbons (Fsp3) is 1.00. The first-order chi connectivity index (χ1) is 8.65. The Kier molecular flexibility index (Phi) is 7.25. The van der Waals surface area contributed by atoms with Crippen molar-refractivity contribution in [2.75, 3.05) is 13.2 Å². The number of hydrogen-bond donors (Lipinski definition) is 2. The predicted octanol–water partition coefficient (Wildman–Crippen LogP) is 3.73. The number of hydrogen-bond acceptors (Lipinski definition) is 2. The Labute approximate surface area is 114 Å². The number of aliphatic hydroxyl groups excluding tert-OH is 1. The summed E-state index contributed by atoms with van der Waals surface area (Å²) in [5, 5.41) is 13.5. The summed E-state index contributed by atoms with van der Waals surface area (Å²) < 4.78 is 0. The van der Waals surface area contributed by atoms with Crippen LogP contribution in [0.1, 0.15) is 72.1 Å². The molecule has 0 aromatic carbocycles. The van der Waals surface area contributed by atoms with Gasteiger partial charge in [0.25, 0.3) is 0 Å². The standard InChI is InChI=1S/C16H33NO/c1-4-6-9-15(5-2)12-17-16(13-18)10-7-8-14(3)11-16/h14-15,17-18H,4-13H2,1-3H3. The Morgan fingerprint density at radius 1 is 1.39 bits per heavy atom. The molecular weight excluding hydrogens is 222 g/mol.